The molecule has 4 rings (SSSR count). The van der Waals surface area contributed by atoms with Gasteiger partial charge in [-0.25, -0.2) is 0 Å². The number of aromatic nitrogens is 2. The number of piperidine rings is 1. The van der Waals surface area contributed by atoms with Gasteiger partial charge in [-0.1, -0.05) is 12.1 Å². The number of nitrogens with zero attached hydrogens (tertiary/aromatic N) is 2. The van der Waals surface area contributed by atoms with Crippen molar-refractivity contribution in [2.45, 2.75) is 37.0 Å². The van der Waals surface area contributed by atoms with E-state index >= 15 is 0 Å². The van der Waals surface area contributed by atoms with Gasteiger partial charge >= 0.3 is 0 Å². The molecule has 2 fully saturated rings. The maximum Gasteiger partial charge on any atom is 0.233 e. The Bertz CT molecular complexity index is 705. The van der Waals surface area contributed by atoms with Crippen molar-refractivity contribution in [2.24, 2.45) is 0 Å². The van der Waals surface area contributed by atoms with Crippen LogP contribution >= 0.6 is 0 Å². The van der Waals surface area contributed by atoms with Crippen molar-refractivity contribution in [1.29, 1.82) is 0 Å². The van der Waals surface area contributed by atoms with Gasteiger partial charge in [0.15, 0.2) is 0 Å². The van der Waals surface area contributed by atoms with Crippen molar-refractivity contribution in [1.82, 2.24) is 15.1 Å². The number of rotatable bonds is 4. The molecule has 2 aliphatic rings. The maximum absolute atomic E-state index is 13.2. The Morgan fingerprint density at radius 3 is 2.71 bits per heavy atom. The van der Waals surface area contributed by atoms with E-state index in [0.29, 0.717) is 5.92 Å². The molecule has 0 unspecified atom stereocenters. The van der Waals surface area contributed by atoms with Crippen LogP contribution in [0.5, 0.6) is 5.75 Å². The van der Waals surface area contributed by atoms with Crippen LogP contribution in [0.25, 0.3) is 0 Å². The van der Waals surface area contributed by atoms with Crippen molar-refractivity contribution < 1.29 is 9.53 Å². The summed E-state index contributed by atoms with van der Waals surface area (Å²) in [6, 6.07) is 10.0. The lowest BCUT2D eigenvalue weighted by molar-refractivity contribution is -0.135. The maximum atomic E-state index is 13.2. The first-order valence-corrected chi connectivity index (χ1v) is 8.66. The quantitative estimate of drug-likeness (QED) is 0.940. The molecule has 0 radical (unpaired) electrons. The Balaban J connectivity index is 1.52. The van der Waals surface area contributed by atoms with E-state index in [1.807, 2.05) is 30.3 Å². The fraction of sp³-hybridized carbons (Fsp3) is 0.474. The summed E-state index contributed by atoms with van der Waals surface area (Å²) < 4.78 is 5.23. The summed E-state index contributed by atoms with van der Waals surface area (Å²) in [4.78, 5) is 15.3. The van der Waals surface area contributed by atoms with Crippen molar-refractivity contribution in [3.05, 3.63) is 47.8 Å². The average molecular weight is 325 g/mol. The molecule has 1 aliphatic carbocycles. The monoisotopic (exact) mass is 325 g/mol. The zero-order valence-electron chi connectivity index (χ0n) is 14.0. The van der Waals surface area contributed by atoms with E-state index in [9.17, 15) is 4.79 Å². The van der Waals surface area contributed by atoms with Crippen LogP contribution in [0.4, 0.5) is 0 Å². The van der Waals surface area contributed by atoms with Crippen LogP contribution in [0, 0.1) is 0 Å². The van der Waals surface area contributed by atoms with Crippen molar-refractivity contribution in [3.8, 4) is 5.75 Å². The molecule has 1 amide bonds. The second-order valence-corrected chi connectivity index (χ2v) is 6.91. The van der Waals surface area contributed by atoms with Crippen LogP contribution < -0.4 is 4.74 Å². The van der Waals surface area contributed by atoms with E-state index in [2.05, 4.69) is 15.1 Å². The minimum Gasteiger partial charge on any atom is -0.497 e. The van der Waals surface area contributed by atoms with Gasteiger partial charge in [-0.15, -0.1) is 0 Å². The van der Waals surface area contributed by atoms with Gasteiger partial charge in [0.05, 0.1) is 12.5 Å². The third-order valence-electron chi connectivity index (χ3n) is 5.47. The summed E-state index contributed by atoms with van der Waals surface area (Å²) in [5, 5.41) is 7.12. The van der Waals surface area contributed by atoms with Crippen LogP contribution in [0.15, 0.2) is 36.5 Å². The van der Waals surface area contributed by atoms with Crippen molar-refractivity contribution in [2.75, 3.05) is 20.2 Å². The third kappa shape index (κ3) is 2.58. The Morgan fingerprint density at radius 2 is 2.08 bits per heavy atom. The fourth-order valence-electron chi connectivity index (χ4n) is 3.87. The van der Waals surface area contributed by atoms with Gasteiger partial charge in [0.2, 0.25) is 5.91 Å². The number of ether oxygens (including phenoxy) is 1. The lowest BCUT2D eigenvalue weighted by atomic mass is 9.90. The first-order valence-electron chi connectivity index (χ1n) is 8.66. The van der Waals surface area contributed by atoms with E-state index in [1.54, 1.807) is 13.3 Å². The Kier molecular flexibility index (Phi) is 3.79. The van der Waals surface area contributed by atoms with E-state index in [-0.39, 0.29) is 11.3 Å². The highest BCUT2D eigenvalue weighted by molar-refractivity contribution is 5.91. The molecule has 1 aliphatic heterocycles. The fourth-order valence-corrected chi connectivity index (χ4v) is 3.87. The number of amides is 1. The molecule has 0 bridgehead atoms. The normalized spacial score (nSPS) is 22.2. The summed E-state index contributed by atoms with van der Waals surface area (Å²) in [6.45, 7) is 1.65. The van der Waals surface area contributed by atoms with Crippen molar-refractivity contribution >= 4 is 5.91 Å². The molecule has 2 heterocycles. The predicted molar refractivity (Wildman–Crippen MR) is 91.0 cm³/mol. The van der Waals surface area contributed by atoms with Crippen molar-refractivity contribution in [3.63, 3.8) is 0 Å². The summed E-state index contributed by atoms with van der Waals surface area (Å²) in [5.41, 5.74) is 1.96. The molecule has 1 saturated heterocycles. The highest BCUT2D eigenvalue weighted by atomic mass is 16.5. The van der Waals surface area contributed by atoms with E-state index in [0.717, 1.165) is 55.8 Å². The van der Waals surface area contributed by atoms with Crippen LogP contribution in [-0.2, 0) is 10.2 Å². The first kappa shape index (κ1) is 15.2. The third-order valence-corrected chi connectivity index (χ3v) is 5.47. The molecule has 0 spiro atoms. The Morgan fingerprint density at radius 1 is 1.29 bits per heavy atom. The second kappa shape index (κ2) is 5.96. The minimum absolute atomic E-state index is 0.289. The SMILES string of the molecule is COc1ccc(C2(C(=O)N3CCC[C@@H](c4ccn[nH]4)C3)CC2)cc1. The molecule has 2 aromatic rings. The average Bonchev–Trinajstić information content (AvgIpc) is 3.27. The lowest BCUT2D eigenvalue weighted by Crippen LogP contribution is -2.44. The number of carbonyl (C=O) groups is 1. The number of hydrogen-bond donors (Lipinski definition) is 1. The van der Waals surface area contributed by atoms with Gasteiger partial charge in [0.25, 0.3) is 0 Å². The number of H-pyrrole nitrogens is 1. The van der Waals surface area contributed by atoms with E-state index in [1.165, 1.54) is 0 Å². The van der Waals surface area contributed by atoms with Crippen LogP contribution in [0.1, 0.15) is 42.9 Å². The zero-order chi connectivity index (χ0) is 16.6. The lowest BCUT2D eigenvalue weighted by Gasteiger charge is -2.35. The molecular weight excluding hydrogens is 302 g/mol. The van der Waals surface area contributed by atoms with Crippen LogP contribution in [0.2, 0.25) is 0 Å². The number of hydrogen-bond acceptors (Lipinski definition) is 3. The summed E-state index contributed by atoms with van der Waals surface area (Å²) >= 11 is 0. The Hall–Kier alpha value is -2.30. The smallest absolute Gasteiger partial charge is 0.233 e. The first-order chi connectivity index (χ1) is 11.7. The molecule has 1 aromatic carbocycles. The minimum atomic E-state index is -0.303. The summed E-state index contributed by atoms with van der Waals surface area (Å²) in [6.07, 6.45) is 5.85. The largest absolute Gasteiger partial charge is 0.497 e. The number of benzene rings is 1. The number of methoxy groups -OCH3 is 1. The predicted octanol–water partition coefficient (Wildman–Crippen LogP) is 2.86. The van der Waals surface area contributed by atoms with E-state index < -0.39 is 0 Å². The highest BCUT2D eigenvalue weighted by Crippen LogP contribution is 2.50. The molecule has 5 nitrogen and oxygen atoms in total. The zero-order valence-corrected chi connectivity index (χ0v) is 14.0. The number of likely N-dealkylation sites (tertiary alicyclic amines) is 1. The van der Waals surface area contributed by atoms with Gasteiger partial charge < -0.3 is 9.64 Å². The standard InChI is InChI=1S/C19H23N3O2/c1-24-16-6-4-15(5-7-16)19(9-10-19)18(23)22-12-2-3-14(13-22)17-8-11-20-21-17/h4-8,11,14H,2-3,9-10,12-13H2,1H3,(H,20,21)/t14-/m1/s1. The van der Waals surface area contributed by atoms with Gasteiger partial charge in [0, 0.05) is 30.9 Å². The molecule has 1 atom stereocenters. The van der Waals surface area contributed by atoms with Gasteiger partial charge in [0.1, 0.15) is 5.75 Å². The molecule has 1 aromatic heterocycles. The molecular formula is C19H23N3O2. The number of carbonyl (C=O) groups excluding carboxylic acids is 1. The van der Waals surface area contributed by atoms with E-state index in [4.69, 9.17) is 4.74 Å². The molecule has 24 heavy (non-hydrogen) atoms. The van der Waals surface area contributed by atoms with Gasteiger partial charge in [-0.3, -0.25) is 9.89 Å². The number of aromatic amines is 1. The number of nitrogens with one attached hydrogen (secondary N) is 1. The molecule has 5 heteroatoms. The van der Waals surface area contributed by atoms with Crippen LogP contribution in [-0.4, -0.2) is 41.2 Å². The Labute approximate surface area is 142 Å². The second-order valence-electron chi connectivity index (χ2n) is 6.91. The summed E-state index contributed by atoms with van der Waals surface area (Å²) in [7, 11) is 1.66. The van der Waals surface area contributed by atoms with Crippen LogP contribution in [0.3, 0.4) is 0 Å². The topological polar surface area (TPSA) is 58.2 Å². The summed E-state index contributed by atoms with van der Waals surface area (Å²) in [5.74, 6) is 1.49. The van der Waals surface area contributed by atoms with Gasteiger partial charge in [-0.2, -0.15) is 5.10 Å². The molecule has 126 valence electrons. The highest BCUT2D eigenvalue weighted by Gasteiger charge is 2.53. The van der Waals surface area contributed by atoms with Gasteiger partial charge in [-0.05, 0) is 49.4 Å². The molecule has 1 N–H and O–H groups in total. The molecule has 1 saturated carbocycles.